The molecule has 0 radical (unpaired) electrons. The first-order valence-corrected chi connectivity index (χ1v) is 9.98. The van der Waals surface area contributed by atoms with Crippen molar-refractivity contribution in [3.05, 3.63) is 46.6 Å². The Balaban J connectivity index is 1.58. The fourth-order valence-corrected chi connectivity index (χ4v) is 4.35. The van der Waals surface area contributed by atoms with Gasteiger partial charge >= 0.3 is 0 Å². The van der Waals surface area contributed by atoms with Crippen LogP contribution in [0.25, 0.3) is 16.2 Å². The summed E-state index contributed by atoms with van der Waals surface area (Å²) in [5, 5.41) is 2.51. The molecule has 1 saturated heterocycles. The van der Waals surface area contributed by atoms with Crippen LogP contribution < -0.4 is 0 Å². The topological polar surface area (TPSA) is 46.8 Å². The van der Waals surface area contributed by atoms with Gasteiger partial charge in [0.1, 0.15) is 5.69 Å². The molecule has 2 aromatic heterocycles. The summed E-state index contributed by atoms with van der Waals surface area (Å²) < 4.78 is 7.60. The molecule has 26 heavy (non-hydrogen) atoms. The second kappa shape index (κ2) is 7.39. The summed E-state index contributed by atoms with van der Waals surface area (Å²) in [5.74, 6) is -0.0199. The SMILES string of the molecule is CN(C[C@H]1CCCCO1)C(=O)c1csc2nc(-c3ccccc3Cl)cn12. The van der Waals surface area contributed by atoms with E-state index >= 15 is 0 Å². The number of hydrogen-bond acceptors (Lipinski definition) is 4. The van der Waals surface area contributed by atoms with E-state index < -0.39 is 0 Å². The van der Waals surface area contributed by atoms with Crippen LogP contribution in [0.2, 0.25) is 5.02 Å². The van der Waals surface area contributed by atoms with Crippen molar-refractivity contribution in [2.24, 2.45) is 0 Å². The molecule has 0 unspecified atom stereocenters. The number of nitrogens with zero attached hydrogens (tertiary/aromatic N) is 3. The number of fused-ring (bicyclic) bond motifs is 1. The minimum atomic E-state index is -0.0199. The number of amides is 1. The number of rotatable bonds is 4. The Hall–Kier alpha value is -1.89. The van der Waals surface area contributed by atoms with E-state index in [1.807, 2.05) is 47.3 Å². The van der Waals surface area contributed by atoms with E-state index in [-0.39, 0.29) is 12.0 Å². The maximum absolute atomic E-state index is 12.9. The van der Waals surface area contributed by atoms with E-state index in [2.05, 4.69) is 4.98 Å². The summed E-state index contributed by atoms with van der Waals surface area (Å²) in [5.41, 5.74) is 2.26. The van der Waals surface area contributed by atoms with Crippen molar-refractivity contribution < 1.29 is 9.53 Å². The van der Waals surface area contributed by atoms with E-state index in [1.54, 1.807) is 4.90 Å². The van der Waals surface area contributed by atoms with Crippen molar-refractivity contribution >= 4 is 33.8 Å². The molecule has 1 aliphatic rings. The lowest BCUT2D eigenvalue weighted by Crippen LogP contribution is -2.37. The van der Waals surface area contributed by atoms with E-state index in [9.17, 15) is 4.79 Å². The van der Waals surface area contributed by atoms with Gasteiger partial charge in [-0.05, 0) is 25.3 Å². The van der Waals surface area contributed by atoms with Crippen LogP contribution in [0, 0.1) is 0 Å². The molecule has 5 nitrogen and oxygen atoms in total. The predicted molar refractivity (Wildman–Crippen MR) is 104 cm³/mol. The lowest BCUT2D eigenvalue weighted by Gasteiger charge is -2.27. The highest BCUT2D eigenvalue weighted by Crippen LogP contribution is 2.29. The molecule has 1 aromatic carbocycles. The van der Waals surface area contributed by atoms with Crippen LogP contribution in [0.4, 0.5) is 0 Å². The van der Waals surface area contributed by atoms with Gasteiger partial charge in [0.2, 0.25) is 0 Å². The Morgan fingerprint density at radius 2 is 2.27 bits per heavy atom. The molecular weight excluding hydrogens is 370 g/mol. The molecular formula is C19H20ClN3O2S. The molecule has 1 fully saturated rings. The highest BCUT2D eigenvalue weighted by Gasteiger charge is 2.23. The van der Waals surface area contributed by atoms with Gasteiger partial charge in [-0.1, -0.05) is 29.8 Å². The highest BCUT2D eigenvalue weighted by atomic mass is 35.5. The largest absolute Gasteiger partial charge is 0.376 e. The normalized spacial score (nSPS) is 17.5. The summed E-state index contributed by atoms with van der Waals surface area (Å²) in [6.45, 7) is 1.40. The lowest BCUT2D eigenvalue weighted by atomic mass is 10.1. The molecule has 3 aromatic rings. The molecule has 0 spiro atoms. The summed E-state index contributed by atoms with van der Waals surface area (Å²) in [6, 6.07) is 7.59. The van der Waals surface area contributed by atoms with Crippen LogP contribution in [0.5, 0.6) is 0 Å². The van der Waals surface area contributed by atoms with Crippen LogP contribution in [0.3, 0.4) is 0 Å². The minimum Gasteiger partial charge on any atom is -0.376 e. The van der Waals surface area contributed by atoms with E-state index in [4.69, 9.17) is 16.3 Å². The smallest absolute Gasteiger partial charge is 0.271 e. The quantitative estimate of drug-likeness (QED) is 0.666. The van der Waals surface area contributed by atoms with Crippen LogP contribution in [-0.4, -0.2) is 46.5 Å². The summed E-state index contributed by atoms with van der Waals surface area (Å²) >= 11 is 7.74. The van der Waals surface area contributed by atoms with Gasteiger partial charge in [0.05, 0.1) is 16.8 Å². The molecule has 4 rings (SSSR count). The molecule has 0 saturated carbocycles. The molecule has 1 atom stereocenters. The van der Waals surface area contributed by atoms with Gasteiger partial charge in [0, 0.05) is 37.3 Å². The molecule has 0 aliphatic carbocycles. The average Bonchev–Trinajstić information content (AvgIpc) is 3.23. The van der Waals surface area contributed by atoms with Crippen molar-refractivity contribution in [1.82, 2.24) is 14.3 Å². The zero-order valence-electron chi connectivity index (χ0n) is 14.5. The number of halogens is 1. The first-order chi connectivity index (χ1) is 12.6. The fraction of sp³-hybridized carbons (Fsp3) is 0.368. The average molecular weight is 390 g/mol. The highest BCUT2D eigenvalue weighted by molar-refractivity contribution is 7.15. The van der Waals surface area contributed by atoms with Crippen LogP contribution in [0.1, 0.15) is 29.8 Å². The standard InChI is InChI=1S/C19H20ClN3O2S/c1-22(10-13-6-4-5-9-25-13)18(24)17-12-26-19-21-16(11-23(17)19)14-7-2-3-8-15(14)20/h2-3,7-8,11-13H,4-6,9-10H2,1H3/t13-/m1/s1. The third-order valence-corrected chi connectivity index (χ3v) is 5.85. The van der Waals surface area contributed by atoms with Gasteiger partial charge in [-0.25, -0.2) is 4.98 Å². The molecule has 0 N–H and O–H groups in total. The number of likely N-dealkylation sites (N-methyl/N-ethyl adjacent to an activating group) is 1. The summed E-state index contributed by atoms with van der Waals surface area (Å²) in [7, 11) is 1.83. The van der Waals surface area contributed by atoms with Gasteiger partial charge in [-0.15, -0.1) is 11.3 Å². The number of benzene rings is 1. The van der Waals surface area contributed by atoms with Gasteiger partial charge in [-0.3, -0.25) is 9.20 Å². The number of ether oxygens (including phenoxy) is 1. The molecule has 1 aliphatic heterocycles. The molecule has 3 heterocycles. The minimum absolute atomic E-state index is 0.0199. The molecule has 7 heteroatoms. The van der Waals surface area contributed by atoms with Gasteiger partial charge in [0.15, 0.2) is 4.96 Å². The van der Waals surface area contributed by atoms with Gasteiger partial charge in [-0.2, -0.15) is 0 Å². The second-order valence-electron chi connectivity index (χ2n) is 6.55. The number of carbonyl (C=O) groups is 1. The van der Waals surface area contributed by atoms with Gasteiger partial charge < -0.3 is 9.64 Å². The zero-order valence-corrected chi connectivity index (χ0v) is 16.1. The summed E-state index contributed by atoms with van der Waals surface area (Å²) in [6.07, 6.45) is 5.30. The van der Waals surface area contributed by atoms with Gasteiger partial charge in [0.25, 0.3) is 5.91 Å². The van der Waals surface area contributed by atoms with Crippen molar-refractivity contribution in [2.45, 2.75) is 25.4 Å². The van der Waals surface area contributed by atoms with Crippen LogP contribution >= 0.6 is 22.9 Å². The zero-order chi connectivity index (χ0) is 18.1. The van der Waals surface area contributed by atoms with E-state index in [1.165, 1.54) is 11.3 Å². The molecule has 1 amide bonds. The Kier molecular flexibility index (Phi) is 4.98. The molecule has 0 bridgehead atoms. The van der Waals surface area contributed by atoms with E-state index in [0.29, 0.717) is 17.3 Å². The van der Waals surface area contributed by atoms with Crippen LogP contribution in [-0.2, 0) is 4.74 Å². The first-order valence-electron chi connectivity index (χ1n) is 8.72. The Labute approximate surface area is 161 Å². The monoisotopic (exact) mass is 389 g/mol. The molecule has 136 valence electrons. The maximum Gasteiger partial charge on any atom is 0.271 e. The number of aromatic nitrogens is 2. The Morgan fingerprint density at radius 3 is 3.04 bits per heavy atom. The Bertz CT molecular complexity index is 930. The predicted octanol–water partition coefficient (Wildman–Crippen LogP) is 4.36. The summed E-state index contributed by atoms with van der Waals surface area (Å²) in [4.78, 5) is 20.1. The van der Waals surface area contributed by atoms with Crippen molar-refractivity contribution in [1.29, 1.82) is 0 Å². The lowest BCUT2D eigenvalue weighted by molar-refractivity contribution is -0.000302. The van der Waals surface area contributed by atoms with Crippen molar-refractivity contribution in [2.75, 3.05) is 20.2 Å². The second-order valence-corrected chi connectivity index (χ2v) is 7.80. The maximum atomic E-state index is 12.9. The number of thiazole rings is 1. The number of imidazole rings is 1. The Morgan fingerprint density at radius 1 is 1.42 bits per heavy atom. The van der Waals surface area contributed by atoms with E-state index in [0.717, 1.165) is 42.1 Å². The first kappa shape index (κ1) is 17.5. The fourth-order valence-electron chi connectivity index (χ4n) is 3.27. The third kappa shape index (κ3) is 3.37. The van der Waals surface area contributed by atoms with Crippen molar-refractivity contribution in [3.63, 3.8) is 0 Å². The third-order valence-electron chi connectivity index (χ3n) is 4.68. The number of hydrogen-bond donors (Lipinski definition) is 0. The number of carbonyl (C=O) groups excluding carboxylic acids is 1. The van der Waals surface area contributed by atoms with Crippen LogP contribution in [0.15, 0.2) is 35.8 Å². The van der Waals surface area contributed by atoms with Crippen molar-refractivity contribution in [3.8, 4) is 11.3 Å².